The van der Waals surface area contributed by atoms with E-state index in [1.807, 2.05) is 36.6 Å². The van der Waals surface area contributed by atoms with Crippen molar-refractivity contribution in [2.24, 2.45) is 0 Å². The number of hydrogen-bond acceptors (Lipinski definition) is 6. The van der Waals surface area contributed by atoms with Gasteiger partial charge in [-0.25, -0.2) is 4.98 Å². The Morgan fingerprint density at radius 1 is 1.27 bits per heavy atom. The third-order valence-electron chi connectivity index (χ3n) is 4.40. The second-order valence-corrected chi connectivity index (χ2v) is 8.45. The second kappa shape index (κ2) is 8.73. The van der Waals surface area contributed by atoms with Crippen molar-refractivity contribution in [2.45, 2.75) is 24.4 Å². The number of thioether (sulfide) groups is 1. The van der Waals surface area contributed by atoms with E-state index in [4.69, 9.17) is 4.42 Å². The van der Waals surface area contributed by atoms with Crippen LogP contribution in [0.2, 0.25) is 0 Å². The van der Waals surface area contributed by atoms with Crippen molar-refractivity contribution in [1.82, 2.24) is 9.55 Å². The Balaban J connectivity index is 1.48. The van der Waals surface area contributed by atoms with Crippen LogP contribution >= 0.6 is 23.1 Å². The highest BCUT2D eigenvalue weighted by Crippen LogP contribution is 2.25. The van der Waals surface area contributed by atoms with E-state index in [2.05, 4.69) is 16.9 Å². The van der Waals surface area contributed by atoms with Gasteiger partial charge in [-0.1, -0.05) is 35.5 Å². The van der Waals surface area contributed by atoms with Crippen LogP contribution in [0, 0.1) is 6.92 Å². The van der Waals surface area contributed by atoms with Gasteiger partial charge < -0.3 is 9.73 Å². The number of carbonyl (C=O) groups is 1. The molecule has 1 amide bonds. The number of thiophene rings is 1. The van der Waals surface area contributed by atoms with Crippen LogP contribution in [-0.4, -0.2) is 15.5 Å². The van der Waals surface area contributed by atoms with Gasteiger partial charge in [0.2, 0.25) is 0 Å². The highest BCUT2D eigenvalue weighted by atomic mass is 32.2. The fourth-order valence-electron chi connectivity index (χ4n) is 2.87. The maximum atomic E-state index is 12.7. The Morgan fingerprint density at radius 3 is 2.83 bits per heavy atom. The number of furan rings is 1. The zero-order chi connectivity index (χ0) is 21.1. The van der Waals surface area contributed by atoms with E-state index in [1.165, 1.54) is 23.1 Å². The molecule has 0 saturated heterocycles. The van der Waals surface area contributed by atoms with Crippen LogP contribution in [0.3, 0.4) is 0 Å². The molecule has 3 aromatic heterocycles. The highest BCUT2D eigenvalue weighted by molar-refractivity contribution is 7.98. The smallest absolute Gasteiger partial charge is 0.291 e. The monoisotopic (exact) mass is 437 g/mol. The van der Waals surface area contributed by atoms with Crippen molar-refractivity contribution in [1.29, 1.82) is 0 Å². The fourth-order valence-corrected chi connectivity index (χ4v) is 4.58. The van der Waals surface area contributed by atoms with Gasteiger partial charge in [-0.3, -0.25) is 14.2 Å². The summed E-state index contributed by atoms with van der Waals surface area (Å²) in [7, 11) is 0. The largest absolute Gasteiger partial charge is 0.455 e. The summed E-state index contributed by atoms with van der Waals surface area (Å²) in [6.07, 6.45) is 1.67. The van der Waals surface area contributed by atoms with Gasteiger partial charge in [-0.15, -0.1) is 17.9 Å². The van der Waals surface area contributed by atoms with Crippen LogP contribution < -0.4 is 10.9 Å². The van der Waals surface area contributed by atoms with Gasteiger partial charge in [0.25, 0.3) is 11.5 Å². The van der Waals surface area contributed by atoms with E-state index in [9.17, 15) is 9.59 Å². The van der Waals surface area contributed by atoms with Crippen molar-refractivity contribution < 1.29 is 9.21 Å². The lowest BCUT2D eigenvalue weighted by atomic mass is 10.2. The molecule has 0 aliphatic rings. The molecule has 0 aliphatic carbocycles. The third-order valence-corrected chi connectivity index (χ3v) is 6.20. The minimum Gasteiger partial charge on any atom is -0.455 e. The number of nitrogens with one attached hydrogen (secondary N) is 1. The summed E-state index contributed by atoms with van der Waals surface area (Å²) < 4.78 is 7.30. The molecule has 30 heavy (non-hydrogen) atoms. The lowest BCUT2D eigenvalue weighted by Gasteiger charge is -2.09. The first-order valence-electron chi connectivity index (χ1n) is 9.23. The number of anilines is 1. The first-order valence-corrected chi connectivity index (χ1v) is 11.1. The Bertz CT molecular complexity index is 1270. The number of carbonyl (C=O) groups excluding carboxylic acids is 1. The molecule has 0 spiro atoms. The number of benzene rings is 1. The molecule has 3 heterocycles. The molecular weight excluding hydrogens is 418 g/mol. The van der Waals surface area contributed by atoms with Gasteiger partial charge in [-0.2, -0.15) is 0 Å². The molecule has 6 nitrogen and oxygen atoms in total. The van der Waals surface area contributed by atoms with Gasteiger partial charge in [0.05, 0.1) is 11.1 Å². The molecule has 0 aliphatic heterocycles. The van der Waals surface area contributed by atoms with E-state index in [-0.39, 0.29) is 17.2 Å². The van der Waals surface area contributed by atoms with Gasteiger partial charge in [0, 0.05) is 12.2 Å². The minimum absolute atomic E-state index is 0.0822. The molecule has 0 unspecified atom stereocenters. The molecule has 1 N–H and O–H groups in total. The molecule has 0 fully saturated rings. The number of fused-ring (bicyclic) bond motifs is 1. The minimum atomic E-state index is -0.309. The van der Waals surface area contributed by atoms with Crippen molar-refractivity contribution in [2.75, 3.05) is 5.32 Å². The van der Waals surface area contributed by atoms with E-state index in [1.54, 1.807) is 28.8 Å². The SMILES string of the molecule is C=CCn1c(SCc2ccc(C(=O)Nc3ccc(C)cc3)o2)nc2sccc2c1=O. The van der Waals surface area contributed by atoms with E-state index in [0.29, 0.717) is 39.1 Å². The number of allylic oxidation sites excluding steroid dienone is 1. The van der Waals surface area contributed by atoms with Crippen molar-refractivity contribution in [3.8, 4) is 0 Å². The van der Waals surface area contributed by atoms with Crippen molar-refractivity contribution in [3.63, 3.8) is 0 Å². The van der Waals surface area contributed by atoms with E-state index in [0.717, 1.165) is 5.56 Å². The number of aromatic nitrogens is 2. The molecule has 4 rings (SSSR count). The molecule has 1 aromatic carbocycles. The maximum absolute atomic E-state index is 12.7. The summed E-state index contributed by atoms with van der Waals surface area (Å²) >= 11 is 2.82. The standard InChI is InChI=1S/C22H19N3O3S2/c1-3-11-25-21(27)17-10-12-29-20(17)24-22(25)30-13-16-8-9-18(28-16)19(26)23-15-6-4-14(2)5-7-15/h3-10,12H,1,11,13H2,2H3,(H,23,26). The number of aryl methyl sites for hydroxylation is 1. The van der Waals surface area contributed by atoms with E-state index >= 15 is 0 Å². The molecule has 152 valence electrons. The van der Waals surface area contributed by atoms with Crippen LogP contribution in [0.1, 0.15) is 21.9 Å². The van der Waals surface area contributed by atoms with Gasteiger partial charge in [0.1, 0.15) is 10.6 Å². The first kappa shape index (κ1) is 20.2. The Hall–Kier alpha value is -3.10. The van der Waals surface area contributed by atoms with E-state index < -0.39 is 0 Å². The molecular formula is C22H19N3O3S2. The lowest BCUT2D eigenvalue weighted by Crippen LogP contribution is -2.22. The van der Waals surface area contributed by atoms with Crippen LogP contribution in [0.25, 0.3) is 10.2 Å². The lowest BCUT2D eigenvalue weighted by molar-refractivity contribution is 0.0995. The average Bonchev–Trinajstić information content (AvgIpc) is 3.40. The Kier molecular flexibility index (Phi) is 5.87. The summed E-state index contributed by atoms with van der Waals surface area (Å²) in [5.74, 6) is 0.992. The molecule has 0 bridgehead atoms. The van der Waals surface area contributed by atoms with Crippen LogP contribution in [0.5, 0.6) is 0 Å². The number of hydrogen-bond donors (Lipinski definition) is 1. The molecule has 8 heteroatoms. The zero-order valence-electron chi connectivity index (χ0n) is 16.3. The summed E-state index contributed by atoms with van der Waals surface area (Å²) in [5, 5.41) is 5.88. The van der Waals surface area contributed by atoms with Gasteiger partial charge in [-0.05, 0) is 42.6 Å². The van der Waals surface area contributed by atoms with Crippen molar-refractivity contribution in [3.05, 3.63) is 87.9 Å². The zero-order valence-corrected chi connectivity index (χ0v) is 17.9. The molecule has 0 radical (unpaired) electrons. The quantitative estimate of drug-likeness (QED) is 0.248. The number of amides is 1. The molecule has 0 saturated carbocycles. The predicted octanol–water partition coefficient (Wildman–Crippen LogP) is 5.09. The van der Waals surface area contributed by atoms with Gasteiger partial charge >= 0.3 is 0 Å². The summed E-state index contributed by atoms with van der Waals surface area (Å²) in [5.41, 5.74) is 1.75. The predicted molar refractivity (Wildman–Crippen MR) is 121 cm³/mol. The molecule has 0 atom stereocenters. The second-order valence-electron chi connectivity index (χ2n) is 6.61. The first-order chi connectivity index (χ1) is 14.5. The van der Waals surface area contributed by atoms with Gasteiger partial charge in [0.15, 0.2) is 10.9 Å². The van der Waals surface area contributed by atoms with Crippen LogP contribution in [-0.2, 0) is 12.3 Å². The number of rotatable bonds is 7. The summed E-state index contributed by atoms with van der Waals surface area (Å²) in [6.45, 7) is 6.09. The van der Waals surface area contributed by atoms with Crippen LogP contribution in [0.15, 0.2) is 74.9 Å². The summed E-state index contributed by atoms with van der Waals surface area (Å²) in [4.78, 5) is 30.4. The van der Waals surface area contributed by atoms with Crippen molar-refractivity contribution >= 4 is 44.9 Å². The Labute approximate surface area is 181 Å². The Morgan fingerprint density at radius 2 is 2.07 bits per heavy atom. The summed E-state index contributed by atoms with van der Waals surface area (Å²) in [6, 6.07) is 12.7. The maximum Gasteiger partial charge on any atom is 0.291 e. The van der Waals surface area contributed by atoms with Crippen LogP contribution in [0.4, 0.5) is 5.69 Å². The fraction of sp³-hybridized carbons (Fsp3) is 0.136. The normalized spacial score (nSPS) is 11.0. The topological polar surface area (TPSA) is 77.1 Å². The average molecular weight is 438 g/mol. The molecule has 4 aromatic rings. The highest BCUT2D eigenvalue weighted by Gasteiger charge is 2.15. The third kappa shape index (κ3) is 4.24. The number of nitrogens with zero attached hydrogens (tertiary/aromatic N) is 2.